The molecule has 0 unspecified atom stereocenters. The monoisotopic (exact) mass is 327 g/mol. The largest absolute Gasteiger partial charge is 0.302 e. The van der Waals surface area contributed by atoms with Gasteiger partial charge in [-0.05, 0) is 17.7 Å². The number of aldehydes is 1. The summed E-state index contributed by atoms with van der Waals surface area (Å²) in [4.78, 5) is 11.1. The highest BCUT2D eigenvalue weighted by Gasteiger charge is 2.71. The summed E-state index contributed by atoms with van der Waals surface area (Å²) >= 11 is 3.28. The zero-order chi connectivity index (χ0) is 13.6. The lowest BCUT2D eigenvalue weighted by molar-refractivity contribution is -0.110. The first-order chi connectivity index (χ1) is 8.36. The van der Waals surface area contributed by atoms with E-state index < -0.39 is 26.4 Å². The van der Waals surface area contributed by atoms with E-state index in [1.807, 2.05) is 6.07 Å². The van der Waals surface area contributed by atoms with Crippen LogP contribution in [0.3, 0.4) is 0 Å². The molecule has 0 aliphatic heterocycles. The van der Waals surface area contributed by atoms with E-state index >= 15 is 0 Å². The van der Waals surface area contributed by atoms with Gasteiger partial charge in [0, 0.05) is 16.6 Å². The van der Waals surface area contributed by atoms with Crippen molar-refractivity contribution in [3.63, 3.8) is 0 Å². The molecule has 4 nitrogen and oxygen atoms in total. The van der Waals surface area contributed by atoms with Crippen LogP contribution < -0.4 is 0 Å². The van der Waals surface area contributed by atoms with Crippen molar-refractivity contribution in [2.24, 2.45) is 5.41 Å². The second-order valence-electron chi connectivity index (χ2n) is 4.44. The number of hydrogen-bond donors (Lipinski definition) is 0. The van der Waals surface area contributed by atoms with Gasteiger partial charge in [-0.25, -0.2) is 8.42 Å². The Bertz CT molecular complexity index is 632. The highest BCUT2D eigenvalue weighted by Crippen LogP contribution is 2.61. The second kappa shape index (κ2) is 4.18. The molecule has 1 saturated carbocycles. The van der Waals surface area contributed by atoms with Crippen LogP contribution >= 0.6 is 15.9 Å². The molecule has 0 heterocycles. The first-order valence-electron chi connectivity index (χ1n) is 5.18. The third-order valence-corrected chi connectivity index (χ3v) is 5.37. The van der Waals surface area contributed by atoms with Gasteiger partial charge < -0.3 is 4.79 Å². The van der Waals surface area contributed by atoms with Crippen LogP contribution in [0.1, 0.15) is 11.5 Å². The molecular weight excluding hydrogens is 318 g/mol. The SMILES string of the molecule is CS(=O)(=O)[C@H]1[C@@H](c2ccc(Br)cc2)[C@@]1(C#N)C=O. The van der Waals surface area contributed by atoms with Gasteiger partial charge in [-0.2, -0.15) is 5.26 Å². The zero-order valence-corrected chi connectivity index (χ0v) is 11.9. The number of hydrogen-bond acceptors (Lipinski definition) is 4. The maximum Gasteiger partial charge on any atom is 0.153 e. The van der Waals surface area contributed by atoms with E-state index in [1.165, 1.54) is 0 Å². The molecule has 0 amide bonds. The van der Waals surface area contributed by atoms with Crippen molar-refractivity contribution in [1.82, 2.24) is 0 Å². The fourth-order valence-electron chi connectivity index (χ4n) is 2.40. The van der Waals surface area contributed by atoms with Crippen molar-refractivity contribution in [2.75, 3.05) is 6.26 Å². The van der Waals surface area contributed by atoms with Crippen LogP contribution in [-0.2, 0) is 14.6 Å². The van der Waals surface area contributed by atoms with Gasteiger partial charge in [0.15, 0.2) is 9.84 Å². The van der Waals surface area contributed by atoms with Gasteiger partial charge in [-0.1, -0.05) is 28.1 Å². The summed E-state index contributed by atoms with van der Waals surface area (Å²) < 4.78 is 24.2. The van der Waals surface area contributed by atoms with Crippen LogP contribution in [0, 0.1) is 16.7 Å². The number of carbonyl (C=O) groups is 1. The first-order valence-corrected chi connectivity index (χ1v) is 7.93. The predicted molar refractivity (Wildman–Crippen MR) is 69.6 cm³/mol. The Balaban J connectivity index is 2.49. The van der Waals surface area contributed by atoms with Crippen molar-refractivity contribution < 1.29 is 13.2 Å². The van der Waals surface area contributed by atoms with Crippen molar-refractivity contribution in [3.05, 3.63) is 34.3 Å². The summed E-state index contributed by atoms with van der Waals surface area (Å²) in [5.41, 5.74) is -0.733. The van der Waals surface area contributed by atoms with Crippen molar-refractivity contribution in [1.29, 1.82) is 5.26 Å². The van der Waals surface area contributed by atoms with E-state index in [0.717, 1.165) is 10.7 Å². The molecule has 0 aromatic heterocycles. The fraction of sp³-hybridized carbons (Fsp3) is 0.333. The Labute approximate surface area is 114 Å². The Hall–Kier alpha value is -1.19. The summed E-state index contributed by atoms with van der Waals surface area (Å²) in [6.07, 6.45) is 1.53. The van der Waals surface area contributed by atoms with Crippen LogP contribution in [0.15, 0.2) is 28.7 Å². The van der Waals surface area contributed by atoms with Gasteiger partial charge in [0.1, 0.15) is 11.7 Å². The van der Waals surface area contributed by atoms with E-state index in [2.05, 4.69) is 15.9 Å². The summed E-state index contributed by atoms with van der Waals surface area (Å²) in [7, 11) is -3.43. The number of sulfone groups is 1. The highest BCUT2D eigenvalue weighted by atomic mass is 79.9. The maximum atomic E-state index is 11.7. The summed E-state index contributed by atoms with van der Waals surface area (Å²) in [5, 5.41) is 8.19. The van der Waals surface area contributed by atoms with Crippen LogP contribution in [-0.4, -0.2) is 26.2 Å². The molecule has 0 N–H and O–H groups in total. The molecule has 18 heavy (non-hydrogen) atoms. The number of rotatable bonds is 3. The lowest BCUT2D eigenvalue weighted by Crippen LogP contribution is -2.14. The van der Waals surface area contributed by atoms with E-state index in [4.69, 9.17) is 5.26 Å². The van der Waals surface area contributed by atoms with Crippen LogP contribution in [0.4, 0.5) is 0 Å². The molecule has 6 heteroatoms. The maximum absolute atomic E-state index is 11.7. The van der Waals surface area contributed by atoms with Gasteiger partial charge in [0.2, 0.25) is 0 Å². The van der Waals surface area contributed by atoms with Crippen molar-refractivity contribution >= 4 is 32.1 Å². The molecule has 1 aliphatic carbocycles. The molecule has 0 spiro atoms. The van der Waals surface area contributed by atoms with E-state index in [1.54, 1.807) is 24.3 Å². The van der Waals surface area contributed by atoms with Gasteiger partial charge >= 0.3 is 0 Å². The quantitative estimate of drug-likeness (QED) is 0.791. The molecule has 1 aliphatic rings. The minimum atomic E-state index is -3.43. The van der Waals surface area contributed by atoms with Crippen molar-refractivity contribution in [2.45, 2.75) is 11.2 Å². The van der Waals surface area contributed by atoms with Gasteiger partial charge in [0.05, 0.1) is 11.3 Å². The summed E-state index contributed by atoms with van der Waals surface area (Å²) in [6, 6.07) is 8.85. The number of nitrogens with zero attached hydrogens (tertiary/aromatic N) is 1. The lowest BCUT2D eigenvalue weighted by atomic mass is 10.0. The summed E-state index contributed by atoms with van der Waals surface area (Å²) in [6.45, 7) is 0. The molecule has 3 atom stereocenters. The van der Waals surface area contributed by atoms with Crippen molar-refractivity contribution in [3.8, 4) is 6.07 Å². The van der Waals surface area contributed by atoms with E-state index in [0.29, 0.717) is 11.8 Å². The van der Waals surface area contributed by atoms with Crippen LogP contribution in [0.25, 0.3) is 0 Å². The van der Waals surface area contributed by atoms with Gasteiger partial charge in [-0.3, -0.25) is 0 Å². The molecule has 1 fully saturated rings. The molecule has 1 aromatic carbocycles. The Morgan fingerprint density at radius 1 is 1.39 bits per heavy atom. The van der Waals surface area contributed by atoms with E-state index in [-0.39, 0.29) is 0 Å². The standard InChI is InChI=1S/C12H10BrNO3S/c1-18(16,17)11-10(12(11,6-14)7-15)8-2-4-9(13)5-3-8/h2-5,7,10-11H,1H3/t10-,11+,12-/m1/s1. The zero-order valence-electron chi connectivity index (χ0n) is 9.50. The number of nitriles is 1. The molecule has 0 saturated heterocycles. The number of halogens is 1. The molecule has 1 aromatic rings. The molecule has 0 bridgehead atoms. The van der Waals surface area contributed by atoms with E-state index in [9.17, 15) is 13.2 Å². The average molecular weight is 328 g/mol. The molecule has 2 rings (SSSR count). The van der Waals surface area contributed by atoms with Crippen LogP contribution in [0.5, 0.6) is 0 Å². The Morgan fingerprint density at radius 3 is 2.28 bits per heavy atom. The van der Waals surface area contributed by atoms with Crippen LogP contribution in [0.2, 0.25) is 0 Å². The topological polar surface area (TPSA) is 75.0 Å². The molecular formula is C12H10BrNO3S. The highest BCUT2D eigenvalue weighted by molar-refractivity contribution is 9.10. The smallest absolute Gasteiger partial charge is 0.153 e. The minimum Gasteiger partial charge on any atom is -0.302 e. The first kappa shape index (κ1) is 13.2. The Kier molecular flexibility index (Phi) is 3.07. The Morgan fingerprint density at radius 2 is 1.94 bits per heavy atom. The third kappa shape index (κ3) is 1.88. The molecule has 0 radical (unpaired) electrons. The third-order valence-electron chi connectivity index (χ3n) is 3.26. The summed E-state index contributed by atoms with van der Waals surface area (Å²) in [5.74, 6) is -0.567. The molecule has 94 valence electrons. The second-order valence-corrected chi connectivity index (χ2v) is 7.52. The minimum absolute atomic E-state index is 0.464. The van der Waals surface area contributed by atoms with Gasteiger partial charge in [-0.15, -0.1) is 0 Å². The number of carbonyl (C=O) groups excluding carboxylic acids is 1. The average Bonchev–Trinajstić information content (AvgIpc) is 3.00. The predicted octanol–water partition coefficient (Wildman–Crippen LogP) is 1.67. The van der Waals surface area contributed by atoms with Gasteiger partial charge in [0.25, 0.3) is 0 Å². The number of benzene rings is 1. The normalized spacial score (nSPS) is 30.5. The lowest BCUT2D eigenvalue weighted by Gasteiger charge is -1.99. The fourth-order valence-corrected chi connectivity index (χ4v) is 4.42.